The van der Waals surface area contributed by atoms with Gasteiger partial charge in [0.2, 0.25) is 0 Å². The summed E-state index contributed by atoms with van der Waals surface area (Å²) in [4.78, 5) is 16.0. The minimum atomic E-state index is -0.481. The molecule has 5 nitrogen and oxygen atoms in total. The minimum Gasteiger partial charge on any atom is -0.399 e. The third-order valence-electron chi connectivity index (χ3n) is 3.96. The molecule has 2 rings (SSSR count). The first kappa shape index (κ1) is 15.0. The van der Waals surface area contributed by atoms with E-state index in [1.807, 2.05) is 40.7 Å². The van der Waals surface area contributed by atoms with Crippen molar-refractivity contribution in [2.24, 2.45) is 0 Å². The number of hydrogen-bond donors (Lipinski definition) is 1. The average molecular weight is 276 g/mol. The number of rotatable bonds is 2. The predicted molar refractivity (Wildman–Crippen MR) is 78.1 cm³/mol. The highest BCUT2D eigenvalue weighted by molar-refractivity contribution is 6.62. The zero-order chi connectivity index (χ0) is 15.1. The smallest absolute Gasteiger partial charge is 0.399 e. The molecule has 0 aromatic carbocycles. The summed E-state index contributed by atoms with van der Waals surface area (Å²) >= 11 is 0. The number of nitrogens with one attached hydrogen (secondary N) is 1. The monoisotopic (exact) mass is 276 g/mol. The Balaban J connectivity index is 2.35. The fourth-order valence-corrected chi connectivity index (χ4v) is 2.05. The van der Waals surface area contributed by atoms with Crippen molar-refractivity contribution in [2.45, 2.75) is 45.8 Å². The molecule has 20 heavy (non-hydrogen) atoms. The Hall–Kier alpha value is -1.40. The van der Waals surface area contributed by atoms with Crippen LogP contribution in [-0.2, 0) is 9.31 Å². The van der Waals surface area contributed by atoms with Crippen LogP contribution in [0.25, 0.3) is 0 Å². The predicted octanol–water partition coefficient (Wildman–Crippen LogP) is 1.05. The van der Waals surface area contributed by atoms with E-state index in [0.717, 1.165) is 11.2 Å². The summed E-state index contributed by atoms with van der Waals surface area (Å²) in [7, 11) is 1.10. The van der Waals surface area contributed by atoms with Crippen LogP contribution >= 0.6 is 0 Å². The van der Waals surface area contributed by atoms with Gasteiger partial charge in [0.1, 0.15) is 5.69 Å². The molecule has 1 aromatic rings. The zero-order valence-electron chi connectivity index (χ0n) is 12.9. The van der Waals surface area contributed by atoms with Crippen molar-refractivity contribution in [3.8, 4) is 0 Å². The lowest BCUT2D eigenvalue weighted by molar-refractivity contribution is 0.00578. The van der Waals surface area contributed by atoms with E-state index < -0.39 is 18.3 Å². The van der Waals surface area contributed by atoms with Gasteiger partial charge in [0.05, 0.1) is 11.2 Å². The summed E-state index contributed by atoms with van der Waals surface area (Å²) in [5, 5.41) is 2.58. The van der Waals surface area contributed by atoms with Crippen LogP contribution in [-0.4, -0.2) is 36.3 Å². The van der Waals surface area contributed by atoms with Crippen molar-refractivity contribution >= 4 is 18.5 Å². The number of carbonyl (C=O) groups excluding carboxylic acids is 1. The lowest BCUT2D eigenvalue weighted by Crippen LogP contribution is -2.41. The number of pyridine rings is 1. The van der Waals surface area contributed by atoms with Crippen molar-refractivity contribution < 1.29 is 14.1 Å². The number of aryl methyl sites for hydroxylation is 1. The molecule has 0 radical (unpaired) electrons. The maximum atomic E-state index is 11.7. The van der Waals surface area contributed by atoms with Gasteiger partial charge in [-0.1, -0.05) is 0 Å². The standard InChI is InChI=1S/C14H21BN2O3/c1-9-7-10(8-11(17-9)12(18)16-6)15-19-13(2,3)14(4,5)20-15/h7-8H,1-6H3,(H,16,18). The first-order valence-electron chi connectivity index (χ1n) is 6.72. The topological polar surface area (TPSA) is 60.5 Å². The second-order valence-corrected chi connectivity index (χ2v) is 6.09. The van der Waals surface area contributed by atoms with Crippen LogP contribution < -0.4 is 10.8 Å². The Morgan fingerprint density at radius 2 is 1.75 bits per heavy atom. The second kappa shape index (κ2) is 4.86. The number of hydrogen-bond acceptors (Lipinski definition) is 4. The molecule has 1 aromatic heterocycles. The van der Waals surface area contributed by atoms with Crippen LogP contribution in [0.15, 0.2) is 12.1 Å². The molecule has 108 valence electrons. The number of aromatic nitrogens is 1. The summed E-state index contributed by atoms with van der Waals surface area (Å²) < 4.78 is 12.0. The molecular formula is C14H21BN2O3. The van der Waals surface area contributed by atoms with Crippen molar-refractivity contribution in [1.29, 1.82) is 0 Å². The minimum absolute atomic E-state index is 0.216. The maximum Gasteiger partial charge on any atom is 0.494 e. The molecule has 1 aliphatic rings. The van der Waals surface area contributed by atoms with Crippen LogP contribution in [0.5, 0.6) is 0 Å². The van der Waals surface area contributed by atoms with Crippen LogP contribution in [0.3, 0.4) is 0 Å². The number of amides is 1. The third-order valence-corrected chi connectivity index (χ3v) is 3.96. The van der Waals surface area contributed by atoms with E-state index in [0.29, 0.717) is 5.69 Å². The molecule has 1 saturated heterocycles. The van der Waals surface area contributed by atoms with Crippen LogP contribution in [0.1, 0.15) is 43.9 Å². The number of carbonyl (C=O) groups is 1. The van der Waals surface area contributed by atoms with Gasteiger partial charge in [-0.3, -0.25) is 4.79 Å². The van der Waals surface area contributed by atoms with Gasteiger partial charge < -0.3 is 14.6 Å². The van der Waals surface area contributed by atoms with Crippen LogP contribution in [0, 0.1) is 6.92 Å². The lowest BCUT2D eigenvalue weighted by atomic mass is 9.79. The molecule has 0 atom stereocenters. The zero-order valence-corrected chi connectivity index (χ0v) is 12.9. The van der Waals surface area contributed by atoms with E-state index in [2.05, 4.69) is 10.3 Å². The van der Waals surface area contributed by atoms with Crippen molar-refractivity contribution in [3.05, 3.63) is 23.5 Å². The Bertz CT molecular complexity index is 527. The van der Waals surface area contributed by atoms with Gasteiger partial charge in [0.25, 0.3) is 5.91 Å². The van der Waals surface area contributed by atoms with Gasteiger partial charge >= 0.3 is 7.12 Å². The molecule has 1 aliphatic heterocycles. The largest absolute Gasteiger partial charge is 0.494 e. The second-order valence-electron chi connectivity index (χ2n) is 6.09. The van der Waals surface area contributed by atoms with E-state index in [9.17, 15) is 4.79 Å². The molecule has 1 amide bonds. The first-order chi connectivity index (χ1) is 9.16. The summed E-state index contributed by atoms with van der Waals surface area (Å²) in [6.07, 6.45) is 0. The van der Waals surface area contributed by atoms with Gasteiger partial charge in [-0.2, -0.15) is 0 Å². The molecule has 0 unspecified atom stereocenters. The normalized spacial score (nSPS) is 20.0. The van der Waals surface area contributed by atoms with E-state index in [-0.39, 0.29) is 5.91 Å². The van der Waals surface area contributed by atoms with E-state index in [1.54, 1.807) is 13.1 Å². The number of nitrogens with zero attached hydrogens (tertiary/aromatic N) is 1. The Morgan fingerprint density at radius 3 is 2.25 bits per heavy atom. The first-order valence-corrected chi connectivity index (χ1v) is 6.72. The van der Waals surface area contributed by atoms with Crippen molar-refractivity contribution in [1.82, 2.24) is 10.3 Å². The quantitative estimate of drug-likeness (QED) is 0.820. The fraction of sp³-hybridized carbons (Fsp3) is 0.571. The highest BCUT2D eigenvalue weighted by Gasteiger charge is 2.51. The average Bonchev–Trinajstić information content (AvgIpc) is 2.57. The molecule has 6 heteroatoms. The molecule has 2 heterocycles. The van der Waals surface area contributed by atoms with Gasteiger partial charge in [0.15, 0.2) is 0 Å². The van der Waals surface area contributed by atoms with Crippen molar-refractivity contribution in [2.75, 3.05) is 7.05 Å². The summed E-state index contributed by atoms with van der Waals surface area (Å²) in [6, 6.07) is 3.60. The maximum absolute atomic E-state index is 11.7. The van der Waals surface area contributed by atoms with Gasteiger partial charge in [-0.05, 0) is 52.2 Å². The summed E-state index contributed by atoms with van der Waals surface area (Å²) in [6.45, 7) is 9.85. The van der Waals surface area contributed by atoms with Crippen LogP contribution in [0.4, 0.5) is 0 Å². The molecule has 0 spiro atoms. The Labute approximate surface area is 120 Å². The fourth-order valence-electron chi connectivity index (χ4n) is 2.05. The van der Waals surface area contributed by atoms with E-state index in [1.165, 1.54) is 0 Å². The van der Waals surface area contributed by atoms with Gasteiger partial charge in [-0.25, -0.2) is 4.98 Å². The highest BCUT2D eigenvalue weighted by Crippen LogP contribution is 2.36. The molecular weight excluding hydrogens is 255 g/mol. The SMILES string of the molecule is CNC(=O)c1cc(B2OC(C)(C)C(C)(C)O2)cc(C)n1. The highest BCUT2D eigenvalue weighted by atomic mass is 16.7. The van der Waals surface area contributed by atoms with Crippen molar-refractivity contribution in [3.63, 3.8) is 0 Å². The molecule has 0 saturated carbocycles. The molecule has 1 fully saturated rings. The Kier molecular flexibility index (Phi) is 3.65. The molecule has 0 aliphatic carbocycles. The third kappa shape index (κ3) is 2.58. The van der Waals surface area contributed by atoms with Gasteiger partial charge in [-0.15, -0.1) is 0 Å². The summed E-state index contributed by atoms with van der Waals surface area (Å²) in [5.41, 5.74) is 1.15. The van der Waals surface area contributed by atoms with Gasteiger partial charge in [0, 0.05) is 12.7 Å². The molecule has 0 bridgehead atoms. The summed E-state index contributed by atoms with van der Waals surface area (Å²) in [5.74, 6) is -0.216. The van der Waals surface area contributed by atoms with E-state index >= 15 is 0 Å². The van der Waals surface area contributed by atoms with E-state index in [4.69, 9.17) is 9.31 Å². The Morgan fingerprint density at radius 1 is 1.20 bits per heavy atom. The molecule has 1 N–H and O–H groups in total. The lowest BCUT2D eigenvalue weighted by Gasteiger charge is -2.32. The van der Waals surface area contributed by atoms with Crippen LogP contribution in [0.2, 0.25) is 0 Å².